The van der Waals surface area contributed by atoms with Gasteiger partial charge in [-0.1, -0.05) is 23.7 Å². The van der Waals surface area contributed by atoms with Crippen LogP contribution in [0.1, 0.15) is 11.4 Å². The first-order valence-corrected chi connectivity index (χ1v) is 8.19. The Hall–Kier alpha value is -1.85. The summed E-state index contributed by atoms with van der Waals surface area (Å²) in [6, 6.07) is 11.9. The number of halogens is 1. The highest BCUT2D eigenvalue weighted by atomic mass is 35.5. The van der Waals surface area contributed by atoms with Gasteiger partial charge in [0.15, 0.2) is 0 Å². The van der Waals surface area contributed by atoms with Gasteiger partial charge in [0, 0.05) is 5.02 Å². The zero-order valence-corrected chi connectivity index (χ0v) is 13.1. The van der Waals surface area contributed by atoms with Crippen LogP contribution in [0.2, 0.25) is 5.02 Å². The van der Waals surface area contributed by atoms with Crippen LogP contribution in [0, 0.1) is 13.8 Å². The predicted octanol–water partition coefficient (Wildman–Crippen LogP) is 3.54. The summed E-state index contributed by atoms with van der Waals surface area (Å²) >= 11 is 5.90. The lowest BCUT2D eigenvalue weighted by Gasteiger charge is -2.11. The van der Waals surface area contributed by atoms with E-state index in [0.29, 0.717) is 27.4 Å². The topological polar surface area (TPSA) is 52.0 Å². The van der Waals surface area contributed by atoms with E-state index < -0.39 is 10.0 Å². The number of fused-ring (bicyclic) bond motifs is 1. The van der Waals surface area contributed by atoms with Gasteiger partial charge in [0.25, 0.3) is 10.0 Å². The van der Waals surface area contributed by atoms with Crippen LogP contribution >= 0.6 is 11.6 Å². The van der Waals surface area contributed by atoms with E-state index >= 15 is 0 Å². The first-order chi connectivity index (χ1) is 9.91. The van der Waals surface area contributed by atoms with Gasteiger partial charge in [0.2, 0.25) is 0 Å². The summed E-state index contributed by atoms with van der Waals surface area (Å²) in [5, 5.41) is 0.513. The minimum Gasteiger partial charge on any atom is -0.232 e. The molecule has 0 saturated carbocycles. The number of nitrogens with zero attached hydrogens (tertiary/aromatic N) is 2. The van der Waals surface area contributed by atoms with Crippen molar-refractivity contribution in [1.29, 1.82) is 0 Å². The molecule has 0 unspecified atom stereocenters. The molecular formula is C15H13ClN2O2S. The second-order valence-electron chi connectivity index (χ2n) is 4.83. The molecule has 21 heavy (non-hydrogen) atoms. The molecule has 6 heteroatoms. The van der Waals surface area contributed by atoms with Crippen molar-refractivity contribution < 1.29 is 8.42 Å². The third-order valence-corrected chi connectivity index (χ3v) is 5.52. The van der Waals surface area contributed by atoms with Gasteiger partial charge < -0.3 is 0 Å². The maximum absolute atomic E-state index is 12.9. The van der Waals surface area contributed by atoms with Crippen molar-refractivity contribution in [2.45, 2.75) is 18.7 Å². The summed E-state index contributed by atoms with van der Waals surface area (Å²) in [5.41, 5.74) is 1.84. The van der Waals surface area contributed by atoms with Gasteiger partial charge in [0.1, 0.15) is 5.82 Å². The van der Waals surface area contributed by atoms with Gasteiger partial charge in [-0.3, -0.25) is 0 Å². The Morgan fingerprint density at radius 3 is 2.52 bits per heavy atom. The third-order valence-electron chi connectivity index (χ3n) is 3.33. The fourth-order valence-electron chi connectivity index (χ4n) is 2.43. The van der Waals surface area contributed by atoms with E-state index in [-0.39, 0.29) is 4.90 Å². The lowest BCUT2D eigenvalue weighted by Crippen LogP contribution is -2.15. The summed E-state index contributed by atoms with van der Waals surface area (Å²) in [5.74, 6) is 0.436. The predicted molar refractivity (Wildman–Crippen MR) is 83.2 cm³/mol. The highest BCUT2D eigenvalue weighted by Crippen LogP contribution is 2.26. The molecule has 1 aromatic heterocycles. The Morgan fingerprint density at radius 2 is 1.81 bits per heavy atom. The van der Waals surface area contributed by atoms with Gasteiger partial charge in [-0.15, -0.1) is 0 Å². The summed E-state index contributed by atoms with van der Waals surface area (Å²) in [6.07, 6.45) is 0. The average Bonchev–Trinajstić information content (AvgIpc) is 2.74. The van der Waals surface area contributed by atoms with Crippen molar-refractivity contribution in [1.82, 2.24) is 8.96 Å². The quantitative estimate of drug-likeness (QED) is 0.725. The number of hydrogen-bond acceptors (Lipinski definition) is 3. The highest BCUT2D eigenvalue weighted by molar-refractivity contribution is 7.90. The molecule has 0 radical (unpaired) electrons. The SMILES string of the molecule is Cc1cc(Cl)ccc1S(=O)(=O)n1c(C)nc2ccccc21. The van der Waals surface area contributed by atoms with Crippen LogP contribution in [0.4, 0.5) is 0 Å². The Balaban J connectivity index is 2.33. The van der Waals surface area contributed by atoms with Gasteiger partial charge in [-0.25, -0.2) is 17.4 Å². The maximum atomic E-state index is 12.9. The number of para-hydroxylation sites is 2. The zero-order valence-electron chi connectivity index (χ0n) is 11.5. The van der Waals surface area contributed by atoms with Crippen LogP contribution in [0.25, 0.3) is 11.0 Å². The van der Waals surface area contributed by atoms with Crippen molar-refractivity contribution in [2.75, 3.05) is 0 Å². The summed E-state index contributed by atoms with van der Waals surface area (Å²) in [6.45, 7) is 3.41. The van der Waals surface area contributed by atoms with Crippen molar-refractivity contribution in [2.24, 2.45) is 0 Å². The summed E-state index contributed by atoms with van der Waals surface area (Å²) < 4.78 is 27.2. The van der Waals surface area contributed by atoms with E-state index in [1.165, 1.54) is 10.0 Å². The molecule has 0 atom stereocenters. The van der Waals surface area contributed by atoms with Crippen LogP contribution in [-0.2, 0) is 10.0 Å². The number of rotatable bonds is 2. The number of imidazole rings is 1. The van der Waals surface area contributed by atoms with Crippen molar-refractivity contribution >= 4 is 32.7 Å². The molecule has 1 heterocycles. The molecule has 4 nitrogen and oxygen atoms in total. The fraction of sp³-hybridized carbons (Fsp3) is 0.133. The zero-order chi connectivity index (χ0) is 15.2. The molecule has 0 fully saturated rings. The molecule has 3 rings (SSSR count). The minimum atomic E-state index is -3.70. The number of aromatic nitrogens is 2. The lowest BCUT2D eigenvalue weighted by atomic mass is 10.2. The first-order valence-electron chi connectivity index (χ1n) is 6.37. The van der Waals surface area contributed by atoms with E-state index in [1.807, 2.05) is 6.07 Å². The average molecular weight is 321 g/mol. The van der Waals surface area contributed by atoms with Crippen LogP contribution < -0.4 is 0 Å². The molecular weight excluding hydrogens is 308 g/mol. The molecule has 0 aliphatic rings. The monoisotopic (exact) mass is 320 g/mol. The normalized spacial score (nSPS) is 12.0. The number of benzene rings is 2. The van der Waals surface area contributed by atoms with Crippen LogP contribution in [-0.4, -0.2) is 17.4 Å². The van der Waals surface area contributed by atoms with Crippen molar-refractivity contribution in [3.8, 4) is 0 Å². The van der Waals surface area contributed by atoms with Crippen molar-refractivity contribution in [3.05, 3.63) is 58.9 Å². The second-order valence-corrected chi connectivity index (χ2v) is 7.02. The standard InChI is InChI=1S/C15H13ClN2O2S/c1-10-9-12(16)7-8-15(10)21(19,20)18-11(2)17-13-5-3-4-6-14(13)18/h3-9H,1-2H3. The Labute approximate surface area is 128 Å². The molecule has 0 N–H and O–H groups in total. The molecule has 108 valence electrons. The van der Waals surface area contributed by atoms with Gasteiger partial charge in [0.05, 0.1) is 15.9 Å². The van der Waals surface area contributed by atoms with Gasteiger partial charge in [-0.05, 0) is 49.7 Å². The first kappa shape index (κ1) is 14.1. The smallest absolute Gasteiger partial charge is 0.232 e. The minimum absolute atomic E-state index is 0.234. The second kappa shape index (κ2) is 4.86. The van der Waals surface area contributed by atoms with Gasteiger partial charge >= 0.3 is 0 Å². The Morgan fingerprint density at radius 1 is 1.10 bits per heavy atom. The third kappa shape index (κ3) is 2.22. The molecule has 3 aromatic rings. The molecule has 2 aromatic carbocycles. The molecule has 0 bridgehead atoms. The number of aryl methyl sites for hydroxylation is 2. The van der Waals surface area contributed by atoms with Crippen LogP contribution in [0.5, 0.6) is 0 Å². The van der Waals surface area contributed by atoms with Crippen LogP contribution in [0.15, 0.2) is 47.4 Å². The van der Waals surface area contributed by atoms with E-state index in [9.17, 15) is 8.42 Å². The Kier molecular flexibility index (Phi) is 3.26. The lowest BCUT2D eigenvalue weighted by molar-refractivity contribution is 0.587. The molecule has 0 aliphatic carbocycles. The molecule has 0 saturated heterocycles. The van der Waals surface area contributed by atoms with Crippen LogP contribution in [0.3, 0.4) is 0 Å². The fourth-order valence-corrected chi connectivity index (χ4v) is 4.36. The largest absolute Gasteiger partial charge is 0.269 e. The highest BCUT2D eigenvalue weighted by Gasteiger charge is 2.24. The van der Waals surface area contributed by atoms with E-state index in [2.05, 4.69) is 4.98 Å². The molecule has 0 amide bonds. The molecule has 0 aliphatic heterocycles. The van der Waals surface area contributed by atoms with E-state index in [0.717, 1.165) is 0 Å². The maximum Gasteiger partial charge on any atom is 0.269 e. The Bertz CT molecular complexity index is 945. The molecule has 0 spiro atoms. The van der Waals surface area contributed by atoms with E-state index in [1.54, 1.807) is 44.2 Å². The van der Waals surface area contributed by atoms with Crippen molar-refractivity contribution in [3.63, 3.8) is 0 Å². The van der Waals surface area contributed by atoms with E-state index in [4.69, 9.17) is 11.6 Å². The van der Waals surface area contributed by atoms with Gasteiger partial charge in [-0.2, -0.15) is 0 Å². The summed E-state index contributed by atoms with van der Waals surface area (Å²) in [7, 11) is -3.70. The number of hydrogen-bond donors (Lipinski definition) is 0. The summed E-state index contributed by atoms with van der Waals surface area (Å²) in [4.78, 5) is 4.54.